The van der Waals surface area contributed by atoms with Crippen LogP contribution in [0, 0.1) is 22.9 Å². The molecule has 0 aliphatic heterocycles. The van der Waals surface area contributed by atoms with Gasteiger partial charge in [-0.1, -0.05) is 29.8 Å². The van der Waals surface area contributed by atoms with Crippen LogP contribution in [0.3, 0.4) is 0 Å². The number of carbonyl (C=O) groups is 1. The van der Waals surface area contributed by atoms with Crippen LogP contribution in [-0.4, -0.2) is 22.9 Å². The molecule has 0 bridgehead atoms. The summed E-state index contributed by atoms with van der Waals surface area (Å²) in [7, 11) is 0. The number of hydrogen-bond acceptors (Lipinski definition) is 2. The summed E-state index contributed by atoms with van der Waals surface area (Å²) >= 11 is 3.28. The van der Waals surface area contributed by atoms with E-state index in [0.29, 0.717) is 6.07 Å². The number of carbonyl (C=O) groups excluding carboxylic acids is 1. The fourth-order valence-corrected chi connectivity index (χ4v) is 2.59. The summed E-state index contributed by atoms with van der Waals surface area (Å²) in [5.74, 6) is -7.05. The van der Waals surface area contributed by atoms with Crippen LogP contribution in [0.4, 0.5) is 13.2 Å². The second-order valence-corrected chi connectivity index (χ2v) is 5.96. The first-order valence-electron chi connectivity index (χ1n) is 5.90. The molecule has 0 spiro atoms. The average molecular weight is 354 g/mol. The number of hydrogen-bond donors (Lipinski definition) is 2. The first kappa shape index (κ1) is 16.8. The molecule has 1 aromatic carbocycles. The number of amides is 1. The first-order valence-corrected chi connectivity index (χ1v) is 7.02. The lowest BCUT2D eigenvalue weighted by Gasteiger charge is -2.24. The molecule has 0 saturated heterocycles. The van der Waals surface area contributed by atoms with Crippen molar-refractivity contribution in [2.24, 2.45) is 5.41 Å². The van der Waals surface area contributed by atoms with E-state index in [1.807, 2.05) is 13.8 Å². The lowest BCUT2D eigenvalue weighted by Crippen LogP contribution is -2.34. The average Bonchev–Trinajstić information content (AvgIpc) is 2.38. The van der Waals surface area contributed by atoms with Gasteiger partial charge in [-0.05, 0) is 17.9 Å². The predicted octanol–water partition coefficient (Wildman–Crippen LogP) is 3.35. The van der Waals surface area contributed by atoms with Crippen molar-refractivity contribution >= 4 is 21.8 Å². The molecule has 2 N–H and O–H groups in total. The van der Waals surface area contributed by atoms with E-state index in [1.165, 1.54) is 0 Å². The van der Waals surface area contributed by atoms with Crippen molar-refractivity contribution in [1.82, 2.24) is 5.32 Å². The maximum Gasteiger partial charge on any atom is 0.254 e. The van der Waals surface area contributed by atoms with E-state index in [1.54, 1.807) is 0 Å². The van der Waals surface area contributed by atoms with Crippen LogP contribution >= 0.6 is 15.9 Å². The Kier molecular flexibility index (Phi) is 5.44. The van der Waals surface area contributed by atoms with Crippen LogP contribution in [-0.2, 0) is 0 Å². The molecule has 0 saturated carbocycles. The molecule has 0 unspecified atom stereocenters. The van der Waals surface area contributed by atoms with Crippen molar-refractivity contribution < 1.29 is 23.1 Å². The molecule has 0 atom stereocenters. The summed E-state index contributed by atoms with van der Waals surface area (Å²) < 4.78 is 39.5. The molecule has 3 nitrogen and oxygen atoms in total. The highest BCUT2D eigenvalue weighted by Gasteiger charge is 2.24. The number of phenolic OH excluding ortho intramolecular Hbond substituents is 1. The SMILES string of the molecule is CC(C)(CCBr)CNC(=O)c1cc(F)c(F)c(O)c1F. The van der Waals surface area contributed by atoms with E-state index in [0.717, 1.165) is 11.8 Å². The smallest absolute Gasteiger partial charge is 0.254 e. The lowest BCUT2D eigenvalue weighted by atomic mass is 9.90. The van der Waals surface area contributed by atoms with Crippen molar-refractivity contribution in [3.8, 4) is 5.75 Å². The molecule has 0 aromatic heterocycles. The zero-order chi connectivity index (χ0) is 15.5. The van der Waals surface area contributed by atoms with Gasteiger partial charge >= 0.3 is 0 Å². The summed E-state index contributed by atoms with van der Waals surface area (Å²) in [4.78, 5) is 11.8. The quantitative estimate of drug-likeness (QED) is 0.629. The zero-order valence-corrected chi connectivity index (χ0v) is 12.7. The van der Waals surface area contributed by atoms with Crippen molar-refractivity contribution in [3.63, 3.8) is 0 Å². The lowest BCUT2D eigenvalue weighted by molar-refractivity contribution is 0.0930. The Balaban J connectivity index is 2.89. The molecule has 0 heterocycles. The normalized spacial score (nSPS) is 11.5. The van der Waals surface area contributed by atoms with Crippen molar-refractivity contribution in [2.45, 2.75) is 20.3 Å². The van der Waals surface area contributed by atoms with Gasteiger partial charge in [0.2, 0.25) is 5.82 Å². The van der Waals surface area contributed by atoms with Crippen molar-refractivity contribution in [1.29, 1.82) is 0 Å². The summed E-state index contributed by atoms with van der Waals surface area (Å²) in [6, 6.07) is 0.428. The van der Waals surface area contributed by atoms with Gasteiger partial charge in [0.1, 0.15) is 0 Å². The topological polar surface area (TPSA) is 49.3 Å². The maximum absolute atomic E-state index is 13.5. The molecular formula is C13H15BrF3NO2. The van der Waals surface area contributed by atoms with Gasteiger partial charge in [-0.15, -0.1) is 0 Å². The van der Waals surface area contributed by atoms with Crippen LogP contribution in [0.25, 0.3) is 0 Å². The van der Waals surface area contributed by atoms with E-state index in [9.17, 15) is 18.0 Å². The van der Waals surface area contributed by atoms with E-state index < -0.39 is 34.7 Å². The van der Waals surface area contributed by atoms with Gasteiger partial charge in [-0.2, -0.15) is 4.39 Å². The molecule has 20 heavy (non-hydrogen) atoms. The van der Waals surface area contributed by atoms with E-state index in [4.69, 9.17) is 5.11 Å². The minimum atomic E-state index is -1.71. The number of aromatic hydroxyl groups is 1. The van der Waals surface area contributed by atoms with Crippen LogP contribution in [0.2, 0.25) is 0 Å². The maximum atomic E-state index is 13.5. The Morgan fingerprint density at radius 1 is 1.35 bits per heavy atom. The zero-order valence-electron chi connectivity index (χ0n) is 11.1. The van der Waals surface area contributed by atoms with Crippen LogP contribution < -0.4 is 5.32 Å². The number of phenols is 1. The highest BCUT2D eigenvalue weighted by molar-refractivity contribution is 9.09. The third kappa shape index (κ3) is 3.88. The van der Waals surface area contributed by atoms with Crippen LogP contribution in [0.1, 0.15) is 30.6 Å². The molecule has 0 aliphatic carbocycles. The summed E-state index contributed by atoms with van der Waals surface area (Å²) in [5, 5.41) is 12.2. The standard InChI is InChI=1S/C13H15BrF3NO2/c1-13(2,3-4-14)6-18-12(20)7-5-8(15)10(17)11(19)9(7)16/h5,19H,3-4,6H2,1-2H3,(H,18,20). The van der Waals surface area contributed by atoms with Crippen molar-refractivity contribution in [2.75, 3.05) is 11.9 Å². The summed E-state index contributed by atoms with van der Waals surface area (Å²) in [6.45, 7) is 4.03. The number of halogens is 4. The molecule has 1 aromatic rings. The summed E-state index contributed by atoms with van der Waals surface area (Å²) in [5.41, 5.74) is -0.966. The van der Waals surface area contributed by atoms with Crippen LogP contribution in [0.15, 0.2) is 6.07 Å². The van der Waals surface area contributed by atoms with Gasteiger partial charge < -0.3 is 10.4 Å². The molecule has 7 heteroatoms. The molecular weight excluding hydrogens is 339 g/mol. The number of alkyl halides is 1. The van der Waals surface area contributed by atoms with Crippen LogP contribution in [0.5, 0.6) is 5.75 Å². The van der Waals surface area contributed by atoms with E-state index in [2.05, 4.69) is 21.2 Å². The fourth-order valence-electron chi connectivity index (χ4n) is 1.51. The Bertz CT molecular complexity index is 521. The van der Waals surface area contributed by atoms with Gasteiger partial charge in [0.25, 0.3) is 5.91 Å². The number of nitrogens with one attached hydrogen (secondary N) is 1. The number of benzene rings is 1. The number of rotatable bonds is 5. The third-order valence-electron chi connectivity index (χ3n) is 2.88. The Morgan fingerprint density at radius 3 is 2.50 bits per heavy atom. The van der Waals surface area contributed by atoms with Gasteiger partial charge in [-0.25, -0.2) is 8.78 Å². The van der Waals surface area contributed by atoms with Crippen molar-refractivity contribution in [3.05, 3.63) is 29.1 Å². The minimum absolute atomic E-state index is 0.233. The van der Waals surface area contributed by atoms with Gasteiger partial charge in [0, 0.05) is 11.9 Å². The Morgan fingerprint density at radius 2 is 1.95 bits per heavy atom. The molecule has 0 fully saturated rings. The molecule has 0 aliphatic rings. The fraction of sp³-hybridized carbons (Fsp3) is 0.462. The second kappa shape index (κ2) is 6.47. The minimum Gasteiger partial charge on any atom is -0.503 e. The van der Waals surface area contributed by atoms with E-state index in [-0.39, 0.29) is 12.0 Å². The van der Waals surface area contributed by atoms with Gasteiger partial charge in [-0.3, -0.25) is 4.79 Å². The monoisotopic (exact) mass is 353 g/mol. The third-order valence-corrected chi connectivity index (χ3v) is 3.27. The highest BCUT2D eigenvalue weighted by Crippen LogP contribution is 2.26. The molecule has 112 valence electrons. The van der Waals surface area contributed by atoms with E-state index >= 15 is 0 Å². The largest absolute Gasteiger partial charge is 0.503 e. The molecule has 1 amide bonds. The predicted molar refractivity (Wildman–Crippen MR) is 72.5 cm³/mol. The molecule has 1 rings (SSSR count). The molecule has 0 radical (unpaired) electrons. The first-order chi connectivity index (χ1) is 9.19. The highest BCUT2D eigenvalue weighted by atomic mass is 79.9. The Hall–Kier alpha value is -1.24. The summed E-state index contributed by atoms with van der Waals surface area (Å²) in [6.07, 6.45) is 0.763. The van der Waals surface area contributed by atoms with Gasteiger partial charge in [0.05, 0.1) is 5.56 Å². The second-order valence-electron chi connectivity index (χ2n) is 5.17. The Labute approximate surface area is 123 Å². The van der Waals surface area contributed by atoms with Gasteiger partial charge in [0.15, 0.2) is 17.4 Å².